The van der Waals surface area contributed by atoms with E-state index in [2.05, 4.69) is 48.5 Å². The Labute approximate surface area is 195 Å². The first-order valence-corrected chi connectivity index (χ1v) is 11.2. The molecule has 0 aromatic heterocycles. The Morgan fingerprint density at radius 1 is 0.424 bits per heavy atom. The van der Waals surface area contributed by atoms with Crippen molar-refractivity contribution in [3.8, 4) is 11.1 Å². The molecule has 0 bridgehead atoms. The highest BCUT2D eigenvalue weighted by Crippen LogP contribution is 2.43. The summed E-state index contributed by atoms with van der Waals surface area (Å²) in [5.74, 6) is 0.0607. The van der Waals surface area contributed by atoms with Crippen molar-refractivity contribution in [3.05, 3.63) is 168 Å². The molecule has 0 spiro atoms. The van der Waals surface area contributed by atoms with Gasteiger partial charge in [0.1, 0.15) is 5.41 Å². The Kier molecular flexibility index (Phi) is 5.70. The monoisotopic (exact) mass is 424 g/mol. The van der Waals surface area contributed by atoms with Gasteiger partial charge in [0.15, 0.2) is 5.78 Å². The van der Waals surface area contributed by atoms with E-state index in [1.807, 2.05) is 97.1 Å². The molecule has 0 saturated carbocycles. The number of carbonyl (C=O) groups is 1. The van der Waals surface area contributed by atoms with Crippen molar-refractivity contribution >= 4 is 5.78 Å². The number of hydrogen-bond donors (Lipinski definition) is 0. The van der Waals surface area contributed by atoms with Gasteiger partial charge < -0.3 is 0 Å². The van der Waals surface area contributed by atoms with E-state index >= 15 is 0 Å². The lowest BCUT2D eigenvalue weighted by molar-refractivity contribution is 0.0935. The lowest BCUT2D eigenvalue weighted by Gasteiger charge is -2.35. The van der Waals surface area contributed by atoms with Crippen LogP contribution in [0.1, 0.15) is 27.0 Å². The molecule has 0 fully saturated rings. The molecule has 0 aliphatic rings. The molecular weight excluding hydrogens is 400 g/mol. The largest absolute Gasteiger partial charge is 0.292 e. The number of benzene rings is 5. The van der Waals surface area contributed by atoms with Crippen LogP contribution >= 0.6 is 0 Å². The number of hydrogen-bond acceptors (Lipinski definition) is 1. The van der Waals surface area contributed by atoms with Crippen molar-refractivity contribution < 1.29 is 4.79 Å². The molecule has 0 heterocycles. The lowest BCUT2D eigenvalue weighted by Crippen LogP contribution is -2.39. The minimum Gasteiger partial charge on any atom is -0.292 e. The summed E-state index contributed by atoms with van der Waals surface area (Å²) < 4.78 is 0. The van der Waals surface area contributed by atoms with Crippen molar-refractivity contribution in [1.82, 2.24) is 0 Å². The van der Waals surface area contributed by atoms with E-state index < -0.39 is 5.41 Å². The van der Waals surface area contributed by atoms with Crippen LogP contribution in [-0.4, -0.2) is 5.78 Å². The van der Waals surface area contributed by atoms with Crippen molar-refractivity contribution in [3.63, 3.8) is 0 Å². The van der Waals surface area contributed by atoms with Crippen LogP contribution in [0.4, 0.5) is 0 Å². The minimum absolute atomic E-state index is 0.0607. The van der Waals surface area contributed by atoms with Gasteiger partial charge in [0.2, 0.25) is 0 Å². The summed E-state index contributed by atoms with van der Waals surface area (Å²) in [5.41, 5.74) is 4.56. The van der Waals surface area contributed by atoms with E-state index in [1.165, 1.54) is 0 Å². The maximum Gasteiger partial charge on any atom is 0.182 e. The molecule has 0 radical (unpaired) electrons. The molecule has 158 valence electrons. The van der Waals surface area contributed by atoms with Gasteiger partial charge in [-0.2, -0.15) is 0 Å². The van der Waals surface area contributed by atoms with Gasteiger partial charge in [-0.25, -0.2) is 0 Å². The van der Waals surface area contributed by atoms with Gasteiger partial charge in [-0.1, -0.05) is 146 Å². The molecular formula is C32H24O. The molecule has 0 aliphatic carbocycles. The molecule has 33 heavy (non-hydrogen) atoms. The summed E-state index contributed by atoms with van der Waals surface area (Å²) in [6.07, 6.45) is 0. The maximum absolute atomic E-state index is 14.9. The first-order valence-electron chi connectivity index (χ1n) is 11.2. The van der Waals surface area contributed by atoms with Crippen LogP contribution in [0, 0.1) is 0 Å². The number of carbonyl (C=O) groups excluding carboxylic acids is 1. The summed E-state index contributed by atoms with van der Waals surface area (Å²) in [6.45, 7) is 0. The zero-order chi connectivity index (χ0) is 22.5. The lowest BCUT2D eigenvalue weighted by atomic mass is 9.64. The van der Waals surface area contributed by atoms with Crippen LogP contribution < -0.4 is 0 Å². The molecule has 5 aromatic carbocycles. The summed E-state index contributed by atoms with van der Waals surface area (Å²) >= 11 is 0. The van der Waals surface area contributed by atoms with Crippen LogP contribution in [0.25, 0.3) is 11.1 Å². The van der Waals surface area contributed by atoms with Gasteiger partial charge in [-0.3, -0.25) is 4.79 Å². The second kappa shape index (κ2) is 9.10. The highest BCUT2D eigenvalue weighted by atomic mass is 16.1. The first kappa shape index (κ1) is 20.7. The fourth-order valence-corrected chi connectivity index (χ4v) is 4.71. The fraction of sp³-hybridized carbons (Fsp3) is 0.0312. The van der Waals surface area contributed by atoms with E-state index in [-0.39, 0.29) is 5.78 Å². The molecule has 1 heteroatoms. The van der Waals surface area contributed by atoms with E-state index in [0.717, 1.165) is 27.8 Å². The molecule has 5 aromatic rings. The predicted octanol–water partition coefficient (Wildman–Crippen LogP) is 7.57. The topological polar surface area (TPSA) is 17.1 Å². The van der Waals surface area contributed by atoms with Crippen LogP contribution in [0.5, 0.6) is 0 Å². The van der Waals surface area contributed by atoms with Crippen molar-refractivity contribution in [2.24, 2.45) is 0 Å². The third-order valence-electron chi connectivity index (χ3n) is 6.22. The van der Waals surface area contributed by atoms with Gasteiger partial charge in [0.25, 0.3) is 0 Å². The van der Waals surface area contributed by atoms with Gasteiger partial charge in [0.05, 0.1) is 0 Å². The van der Waals surface area contributed by atoms with Crippen LogP contribution in [0.15, 0.2) is 146 Å². The molecule has 0 N–H and O–H groups in total. The third-order valence-corrected chi connectivity index (χ3v) is 6.22. The average Bonchev–Trinajstić information content (AvgIpc) is 2.91. The van der Waals surface area contributed by atoms with Crippen molar-refractivity contribution in [1.29, 1.82) is 0 Å². The Balaban J connectivity index is 1.85. The van der Waals surface area contributed by atoms with Gasteiger partial charge in [0, 0.05) is 5.56 Å². The molecule has 1 nitrogen and oxygen atoms in total. The minimum atomic E-state index is -0.978. The van der Waals surface area contributed by atoms with Crippen LogP contribution in [0.2, 0.25) is 0 Å². The molecule has 0 amide bonds. The molecule has 0 aliphatic heterocycles. The number of Topliss-reactive ketones (excluding diaryl/α,β-unsaturated/α-hetero) is 1. The van der Waals surface area contributed by atoms with Crippen molar-refractivity contribution in [2.75, 3.05) is 0 Å². The van der Waals surface area contributed by atoms with E-state index in [9.17, 15) is 4.79 Å². The molecule has 0 atom stereocenters. The smallest absolute Gasteiger partial charge is 0.182 e. The molecule has 0 saturated heterocycles. The van der Waals surface area contributed by atoms with Crippen LogP contribution in [-0.2, 0) is 5.41 Å². The molecule has 5 rings (SSSR count). The Bertz CT molecular complexity index is 1240. The zero-order valence-corrected chi connectivity index (χ0v) is 18.3. The van der Waals surface area contributed by atoms with Gasteiger partial charge in [-0.05, 0) is 27.8 Å². The Morgan fingerprint density at radius 2 is 0.788 bits per heavy atom. The highest BCUT2D eigenvalue weighted by Gasteiger charge is 2.44. The van der Waals surface area contributed by atoms with Gasteiger partial charge >= 0.3 is 0 Å². The second-order valence-electron chi connectivity index (χ2n) is 8.09. The van der Waals surface area contributed by atoms with Crippen LogP contribution in [0.3, 0.4) is 0 Å². The third kappa shape index (κ3) is 3.68. The predicted molar refractivity (Wildman–Crippen MR) is 135 cm³/mol. The van der Waals surface area contributed by atoms with E-state index in [1.54, 1.807) is 0 Å². The molecule has 0 unspecified atom stereocenters. The summed E-state index contributed by atoms with van der Waals surface area (Å²) in [6, 6.07) is 48.4. The number of rotatable bonds is 6. The second-order valence-corrected chi connectivity index (χ2v) is 8.09. The standard InChI is InChI=1S/C32H24O/c33-31(30-24-14-13-23-29(30)25-15-5-1-6-16-25)32(26-17-7-2-8-18-26,27-19-9-3-10-20-27)28-21-11-4-12-22-28/h1-24H. The quantitative estimate of drug-likeness (QED) is 0.203. The average molecular weight is 425 g/mol. The highest BCUT2D eigenvalue weighted by molar-refractivity contribution is 6.12. The van der Waals surface area contributed by atoms with Gasteiger partial charge in [-0.15, -0.1) is 0 Å². The normalized spacial score (nSPS) is 11.2. The maximum atomic E-state index is 14.9. The zero-order valence-electron chi connectivity index (χ0n) is 18.3. The SMILES string of the molecule is O=C(c1ccccc1-c1ccccc1)C(c1ccccc1)(c1ccccc1)c1ccccc1. The fourth-order valence-electron chi connectivity index (χ4n) is 4.71. The summed E-state index contributed by atoms with van der Waals surface area (Å²) in [4.78, 5) is 14.9. The summed E-state index contributed by atoms with van der Waals surface area (Å²) in [7, 11) is 0. The van der Waals surface area contributed by atoms with E-state index in [4.69, 9.17) is 0 Å². The Morgan fingerprint density at radius 3 is 1.24 bits per heavy atom. The van der Waals surface area contributed by atoms with Crippen molar-refractivity contribution in [2.45, 2.75) is 5.41 Å². The Hall–Kier alpha value is -4.23. The first-order chi connectivity index (χ1) is 16.3. The van der Waals surface area contributed by atoms with E-state index in [0.29, 0.717) is 5.56 Å². The number of ketones is 1. The summed E-state index contributed by atoms with van der Waals surface area (Å²) in [5, 5.41) is 0.